The molecular formula is C37H49NO6. The lowest BCUT2D eigenvalue weighted by Gasteiger charge is -2.47. The van der Waals surface area contributed by atoms with Gasteiger partial charge in [0.25, 0.3) is 0 Å². The number of fused-ring (bicyclic) bond motifs is 1. The minimum atomic E-state index is -1.06. The summed E-state index contributed by atoms with van der Waals surface area (Å²) in [5.74, 6) is 1.32. The lowest BCUT2D eigenvalue weighted by atomic mass is 9.77. The number of carbonyl (C=O) groups is 1. The molecule has 0 radical (unpaired) electrons. The molecule has 44 heavy (non-hydrogen) atoms. The molecule has 1 aliphatic carbocycles. The van der Waals surface area contributed by atoms with E-state index in [1.165, 1.54) is 12.0 Å². The van der Waals surface area contributed by atoms with Crippen LogP contribution in [0.3, 0.4) is 0 Å². The molecule has 3 heterocycles. The smallest absolute Gasteiger partial charge is 0.244 e. The van der Waals surface area contributed by atoms with Crippen molar-refractivity contribution in [2.75, 3.05) is 13.7 Å². The van der Waals surface area contributed by atoms with E-state index in [-0.39, 0.29) is 24.2 Å². The van der Waals surface area contributed by atoms with Crippen LogP contribution in [0.2, 0.25) is 0 Å². The Morgan fingerprint density at radius 1 is 1.09 bits per heavy atom. The Morgan fingerprint density at radius 2 is 1.86 bits per heavy atom. The Bertz CT molecular complexity index is 1300. The second kappa shape index (κ2) is 14.0. The third-order valence-electron chi connectivity index (χ3n) is 9.14. The van der Waals surface area contributed by atoms with Gasteiger partial charge < -0.3 is 29.0 Å². The first-order chi connectivity index (χ1) is 21.2. The number of carbonyl (C=O) groups excluding carboxylic acids is 1. The van der Waals surface area contributed by atoms with Crippen LogP contribution in [0.4, 0.5) is 0 Å². The van der Waals surface area contributed by atoms with Crippen LogP contribution in [0, 0.1) is 17.8 Å². The molecule has 1 unspecified atom stereocenters. The van der Waals surface area contributed by atoms with Crippen molar-refractivity contribution in [3.63, 3.8) is 0 Å². The SMILES string of the molecule is CC[C@@H](C)/C=C(\C)C[C@@H](C)C[C@@H](C)/C=C/C=C/C=C/C(=O)N[C@@H]1CO[C@@]23C=C[C@@H]4O[C@@H]4[C@]2(C1)OC(c1ccc(OC)cc1)O3. The molecular weight excluding hydrogens is 554 g/mol. The molecule has 5 rings (SSSR count). The van der Waals surface area contributed by atoms with Gasteiger partial charge in [-0.25, -0.2) is 0 Å². The molecule has 0 saturated carbocycles. The van der Waals surface area contributed by atoms with Crippen molar-refractivity contribution in [3.8, 4) is 5.75 Å². The maximum absolute atomic E-state index is 12.8. The number of hydrogen-bond acceptors (Lipinski definition) is 6. The second-order valence-electron chi connectivity index (χ2n) is 13.0. The lowest BCUT2D eigenvalue weighted by molar-refractivity contribution is -0.250. The second-order valence-corrected chi connectivity index (χ2v) is 13.0. The van der Waals surface area contributed by atoms with Gasteiger partial charge in [-0.3, -0.25) is 4.79 Å². The van der Waals surface area contributed by atoms with Crippen LogP contribution < -0.4 is 10.1 Å². The Hall–Kier alpha value is -2.97. The average molecular weight is 604 g/mol. The third-order valence-corrected chi connectivity index (χ3v) is 9.14. The minimum Gasteiger partial charge on any atom is -0.497 e. The van der Waals surface area contributed by atoms with Crippen LogP contribution in [-0.2, 0) is 23.7 Å². The molecule has 3 aliphatic heterocycles. The van der Waals surface area contributed by atoms with Crippen molar-refractivity contribution in [3.05, 3.63) is 90.1 Å². The summed E-state index contributed by atoms with van der Waals surface area (Å²) in [7, 11) is 1.64. The van der Waals surface area contributed by atoms with Gasteiger partial charge in [-0.15, -0.1) is 0 Å². The predicted octanol–water partition coefficient (Wildman–Crippen LogP) is 7.13. The molecule has 4 aliphatic rings. The van der Waals surface area contributed by atoms with Crippen LogP contribution >= 0.6 is 0 Å². The zero-order chi connectivity index (χ0) is 31.3. The van der Waals surface area contributed by atoms with Gasteiger partial charge in [0.05, 0.1) is 19.8 Å². The minimum absolute atomic E-state index is 0.0287. The Kier molecular flexibility index (Phi) is 10.3. The van der Waals surface area contributed by atoms with Gasteiger partial charge in [0, 0.05) is 18.1 Å². The summed E-state index contributed by atoms with van der Waals surface area (Å²) in [6, 6.07) is 7.37. The van der Waals surface area contributed by atoms with E-state index in [1.807, 2.05) is 48.6 Å². The lowest BCUT2D eigenvalue weighted by Crippen LogP contribution is -2.65. The fourth-order valence-corrected chi connectivity index (χ4v) is 6.81. The van der Waals surface area contributed by atoms with Gasteiger partial charge >= 0.3 is 0 Å². The van der Waals surface area contributed by atoms with Crippen LogP contribution in [0.5, 0.6) is 5.75 Å². The summed E-state index contributed by atoms with van der Waals surface area (Å²) in [4.78, 5) is 12.8. The van der Waals surface area contributed by atoms with E-state index < -0.39 is 17.7 Å². The summed E-state index contributed by atoms with van der Waals surface area (Å²) in [6.45, 7) is 11.7. The fourth-order valence-electron chi connectivity index (χ4n) is 6.81. The molecule has 9 atom stereocenters. The molecule has 3 fully saturated rings. The normalized spacial score (nSPS) is 33.2. The third kappa shape index (κ3) is 7.28. The number of benzene rings is 1. The van der Waals surface area contributed by atoms with Crippen molar-refractivity contribution < 1.29 is 28.5 Å². The maximum Gasteiger partial charge on any atom is 0.244 e. The predicted molar refractivity (Wildman–Crippen MR) is 172 cm³/mol. The number of rotatable bonds is 13. The van der Waals surface area contributed by atoms with Gasteiger partial charge in [-0.1, -0.05) is 94.4 Å². The number of nitrogens with one attached hydrogen (secondary N) is 1. The van der Waals surface area contributed by atoms with Gasteiger partial charge in [-0.2, -0.15) is 0 Å². The number of epoxide rings is 1. The van der Waals surface area contributed by atoms with Crippen LogP contribution in [-0.4, -0.2) is 49.3 Å². The van der Waals surface area contributed by atoms with E-state index >= 15 is 0 Å². The van der Waals surface area contributed by atoms with Crippen LogP contribution in [0.25, 0.3) is 0 Å². The van der Waals surface area contributed by atoms with E-state index in [4.69, 9.17) is 23.7 Å². The standard InChI is InChI=1S/C37H49NO6/c1-7-25(2)20-27(4)22-28(5)21-26(3)12-10-8-9-11-13-33(39)38-30-23-36-34-32(42-34)18-19-37(36,41-24-30)44-35(43-36)29-14-16-31(40-6)17-15-29/h8-20,25-26,28,30,32,34-35H,7,21-24H2,1-6H3,(H,38,39)/b9-8+,12-10+,13-11+,27-20+/t25-,26+,28+,30+,32+,34+,35?,36+,37-/m1/s1. The van der Waals surface area contributed by atoms with Crippen molar-refractivity contribution in [1.82, 2.24) is 5.32 Å². The highest BCUT2D eigenvalue weighted by molar-refractivity contribution is 5.88. The number of methoxy groups -OCH3 is 1. The topological polar surface area (TPSA) is 78.6 Å². The van der Waals surface area contributed by atoms with Crippen LogP contribution in [0.1, 0.15) is 72.2 Å². The zero-order valence-corrected chi connectivity index (χ0v) is 27.0. The number of amides is 1. The highest BCUT2D eigenvalue weighted by Gasteiger charge is 2.75. The first kappa shape index (κ1) is 32.4. The van der Waals surface area contributed by atoms with E-state index in [1.54, 1.807) is 19.3 Å². The molecule has 1 N–H and O–H groups in total. The molecule has 1 aromatic carbocycles. The molecule has 7 heteroatoms. The summed E-state index contributed by atoms with van der Waals surface area (Å²) in [5, 5.41) is 3.09. The quantitative estimate of drug-likeness (QED) is 0.112. The van der Waals surface area contributed by atoms with Gasteiger partial charge in [-0.05, 0) is 55.7 Å². The molecule has 1 amide bonds. The Labute approximate surface area is 263 Å². The average Bonchev–Trinajstić information content (AvgIpc) is 3.72. The highest BCUT2D eigenvalue weighted by atomic mass is 16.8. The van der Waals surface area contributed by atoms with Crippen molar-refractivity contribution in [2.24, 2.45) is 17.8 Å². The van der Waals surface area contributed by atoms with Gasteiger partial charge in [0.2, 0.25) is 11.7 Å². The summed E-state index contributed by atoms with van der Waals surface area (Å²) < 4.78 is 30.6. The Balaban J connectivity index is 1.11. The molecule has 238 valence electrons. The molecule has 1 aromatic rings. The van der Waals surface area contributed by atoms with Gasteiger partial charge in [0.15, 0.2) is 11.9 Å². The van der Waals surface area contributed by atoms with Crippen molar-refractivity contribution >= 4 is 5.91 Å². The monoisotopic (exact) mass is 603 g/mol. The van der Waals surface area contributed by atoms with Crippen LogP contribution in [0.15, 0.2) is 84.5 Å². The number of hydrogen-bond donors (Lipinski definition) is 1. The first-order valence-electron chi connectivity index (χ1n) is 16.1. The van der Waals surface area contributed by atoms with Crippen molar-refractivity contribution in [2.45, 2.75) is 96.2 Å². The molecule has 7 nitrogen and oxygen atoms in total. The largest absolute Gasteiger partial charge is 0.497 e. The van der Waals surface area contributed by atoms with Gasteiger partial charge in [0.1, 0.15) is 18.0 Å². The summed E-state index contributed by atoms with van der Waals surface area (Å²) >= 11 is 0. The molecule has 3 saturated heterocycles. The molecule has 0 bridgehead atoms. The summed E-state index contributed by atoms with van der Waals surface area (Å²) in [6.07, 6.45) is 21.0. The maximum atomic E-state index is 12.8. The highest BCUT2D eigenvalue weighted by Crippen LogP contribution is 2.60. The van der Waals surface area contributed by atoms with E-state index in [0.29, 0.717) is 30.8 Å². The molecule has 0 spiro atoms. The molecule has 0 aromatic heterocycles. The summed E-state index contributed by atoms with van der Waals surface area (Å²) in [5.41, 5.74) is 1.51. The van der Waals surface area contributed by atoms with E-state index in [9.17, 15) is 4.79 Å². The van der Waals surface area contributed by atoms with E-state index in [2.05, 4.69) is 58.2 Å². The number of ether oxygens (including phenoxy) is 5. The Morgan fingerprint density at radius 3 is 2.61 bits per heavy atom. The zero-order valence-electron chi connectivity index (χ0n) is 27.0. The number of allylic oxidation sites excluding steroid dienone is 7. The first-order valence-corrected chi connectivity index (χ1v) is 16.1. The fraction of sp³-hybridized carbons (Fsp3) is 0.541. The van der Waals surface area contributed by atoms with Crippen molar-refractivity contribution in [1.29, 1.82) is 0 Å². The van der Waals surface area contributed by atoms with E-state index in [0.717, 1.165) is 24.2 Å².